The van der Waals surface area contributed by atoms with Crippen LogP contribution < -0.4 is 4.90 Å². The molecule has 4 nitrogen and oxygen atoms in total. The maximum atomic E-state index is 14.1. The lowest BCUT2D eigenvalue weighted by molar-refractivity contribution is -0.121. The number of amides is 1. The molecule has 1 aromatic carbocycles. The van der Waals surface area contributed by atoms with Crippen molar-refractivity contribution in [3.8, 4) is 11.3 Å². The van der Waals surface area contributed by atoms with E-state index < -0.39 is 5.92 Å². The summed E-state index contributed by atoms with van der Waals surface area (Å²) in [5, 5.41) is 2.60. The van der Waals surface area contributed by atoms with Crippen molar-refractivity contribution in [1.82, 2.24) is 9.97 Å². The quantitative estimate of drug-likeness (QED) is 0.707. The molecule has 3 aromatic rings. The predicted octanol–water partition coefficient (Wildman–Crippen LogP) is 4.25. The number of anilines is 1. The van der Waals surface area contributed by atoms with Gasteiger partial charge in [0.1, 0.15) is 5.82 Å². The summed E-state index contributed by atoms with van der Waals surface area (Å²) < 4.78 is 14.1. The normalized spacial score (nSPS) is 17.7. The SMILES string of the molecule is O=C1C(c2ccccc2F)CCCN1c1nc(-c2ccncc2)cs1. The molecule has 126 valence electrons. The highest BCUT2D eigenvalue weighted by Crippen LogP contribution is 2.35. The van der Waals surface area contributed by atoms with Crippen LogP contribution in [0.5, 0.6) is 0 Å². The molecule has 0 radical (unpaired) electrons. The summed E-state index contributed by atoms with van der Waals surface area (Å²) in [6.07, 6.45) is 4.93. The van der Waals surface area contributed by atoms with Gasteiger partial charge in [0.05, 0.1) is 11.6 Å². The molecule has 1 saturated heterocycles. The summed E-state index contributed by atoms with van der Waals surface area (Å²) in [6, 6.07) is 10.3. The van der Waals surface area contributed by atoms with Gasteiger partial charge in [-0.05, 0) is 31.0 Å². The Bertz CT molecular complexity index is 896. The first-order valence-electron chi connectivity index (χ1n) is 8.16. The summed E-state index contributed by atoms with van der Waals surface area (Å²) in [4.78, 5) is 23.2. The molecular weight excluding hydrogens is 337 g/mol. The van der Waals surface area contributed by atoms with E-state index in [1.165, 1.54) is 17.4 Å². The number of rotatable bonds is 3. The number of carbonyl (C=O) groups is 1. The van der Waals surface area contributed by atoms with Crippen LogP contribution in [0.2, 0.25) is 0 Å². The van der Waals surface area contributed by atoms with Crippen LogP contribution in [-0.4, -0.2) is 22.4 Å². The fourth-order valence-corrected chi connectivity index (χ4v) is 4.02. The Morgan fingerprint density at radius 3 is 2.76 bits per heavy atom. The van der Waals surface area contributed by atoms with Crippen molar-refractivity contribution in [2.45, 2.75) is 18.8 Å². The topological polar surface area (TPSA) is 46.1 Å². The average Bonchev–Trinajstić information content (AvgIpc) is 3.13. The number of piperidine rings is 1. The highest BCUT2D eigenvalue weighted by atomic mass is 32.1. The van der Waals surface area contributed by atoms with E-state index in [9.17, 15) is 9.18 Å². The lowest BCUT2D eigenvalue weighted by atomic mass is 9.89. The molecule has 3 heterocycles. The highest BCUT2D eigenvalue weighted by molar-refractivity contribution is 7.14. The van der Waals surface area contributed by atoms with E-state index in [0.717, 1.165) is 17.7 Å². The van der Waals surface area contributed by atoms with Gasteiger partial charge in [-0.25, -0.2) is 9.37 Å². The van der Waals surface area contributed by atoms with Gasteiger partial charge in [-0.2, -0.15) is 0 Å². The Morgan fingerprint density at radius 1 is 1.16 bits per heavy atom. The predicted molar refractivity (Wildman–Crippen MR) is 96.1 cm³/mol. The first-order valence-corrected chi connectivity index (χ1v) is 9.04. The number of benzene rings is 1. The fraction of sp³-hybridized carbons (Fsp3) is 0.211. The number of carbonyl (C=O) groups excluding carboxylic acids is 1. The first kappa shape index (κ1) is 15.9. The Labute approximate surface area is 149 Å². The Hall–Kier alpha value is -2.60. The zero-order valence-corrected chi connectivity index (χ0v) is 14.2. The van der Waals surface area contributed by atoms with Crippen LogP contribution in [0.3, 0.4) is 0 Å². The van der Waals surface area contributed by atoms with Crippen LogP contribution in [0.15, 0.2) is 54.2 Å². The number of aromatic nitrogens is 2. The van der Waals surface area contributed by atoms with Gasteiger partial charge >= 0.3 is 0 Å². The zero-order chi connectivity index (χ0) is 17.2. The van der Waals surface area contributed by atoms with Crippen molar-refractivity contribution in [3.05, 3.63) is 65.6 Å². The summed E-state index contributed by atoms with van der Waals surface area (Å²) in [7, 11) is 0. The Kier molecular flexibility index (Phi) is 4.28. The van der Waals surface area contributed by atoms with Crippen molar-refractivity contribution in [2.24, 2.45) is 0 Å². The van der Waals surface area contributed by atoms with Gasteiger partial charge in [0.15, 0.2) is 5.13 Å². The minimum Gasteiger partial charge on any atom is -0.288 e. The third-order valence-corrected chi connectivity index (χ3v) is 5.28. The Balaban J connectivity index is 1.62. The molecule has 1 atom stereocenters. The molecule has 1 amide bonds. The molecule has 6 heteroatoms. The molecule has 0 spiro atoms. The van der Waals surface area contributed by atoms with Crippen molar-refractivity contribution < 1.29 is 9.18 Å². The maximum absolute atomic E-state index is 14.1. The maximum Gasteiger partial charge on any atom is 0.236 e. The second-order valence-electron chi connectivity index (χ2n) is 5.96. The van der Waals surface area contributed by atoms with Gasteiger partial charge in [-0.15, -0.1) is 11.3 Å². The monoisotopic (exact) mass is 353 g/mol. The summed E-state index contributed by atoms with van der Waals surface area (Å²) in [6.45, 7) is 0.618. The van der Waals surface area contributed by atoms with Gasteiger partial charge in [0.25, 0.3) is 0 Å². The van der Waals surface area contributed by atoms with Crippen LogP contribution in [0.4, 0.5) is 9.52 Å². The largest absolute Gasteiger partial charge is 0.288 e. The van der Waals surface area contributed by atoms with E-state index in [2.05, 4.69) is 9.97 Å². The van der Waals surface area contributed by atoms with Gasteiger partial charge < -0.3 is 0 Å². The molecule has 0 bridgehead atoms. The van der Waals surface area contributed by atoms with Gasteiger partial charge in [0.2, 0.25) is 5.91 Å². The molecule has 1 aliphatic rings. The molecule has 0 N–H and O–H groups in total. The van der Waals surface area contributed by atoms with Crippen LogP contribution in [-0.2, 0) is 4.79 Å². The van der Waals surface area contributed by atoms with E-state index in [4.69, 9.17) is 0 Å². The standard InChI is InChI=1S/C19H16FN3OS/c20-16-6-2-1-4-14(16)15-5-3-11-23(18(15)24)19-22-17(12-25-19)13-7-9-21-10-8-13/h1-2,4,6-10,12,15H,3,5,11H2. The molecule has 1 unspecified atom stereocenters. The van der Waals surface area contributed by atoms with Gasteiger partial charge in [-0.3, -0.25) is 14.7 Å². The lowest BCUT2D eigenvalue weighted by Crippen LogP contribution is -2.40. The summed E-state index contributed by atoms with van der Waals surface area (Å²) in [5.74, 6) is -0.838. The van der Waals surface area contributed by atoms with Crippen molar-refractivity contribution in [1.29, 1.82) is 0 Å². The molecular formula is C19H16FN3OS. The van der Waals surface area contributed by atoms with Crippen molar-refractivity contribution >= 4 is 22.4 Å². The minimum absolute atomic E-state index is 0.0769. The Morgan fingerprint density at radius 2 is 1.96 bits per heavy atom. The van der Waals surface area contributed by atoms with Crippen LogP contribution in [0.1, 0.15) is 24.3 Å². The van der Waals surface area contributed by atoms with Crippen molar-refractivity contribution in [2.75, 3.05) is 11.4 Å². The molecule has 2 aromatic heterocycles. The van der Waals surface area contributed by atoms with Gasteiger partial charge in [-0.1, -0.05) is 18.2 Å². The van der Waals surface area contributed by atoms with E-state index in [-0.39, 0.29) is 11.7 Å². The van der Waals surface area contributed by atoms with Crippen LogP contribution in [0.25, 0.3) is 11.3 Å². The molecule has 1 aliphatic heterocycles. The fourth-order valence-electron chi connectivity index (χ4n) is 3.15. The number of nitrogens with zero attached hydrogens (tertiary/aromatic N) is 3. The highest BCUT2D eigenvalue weighted by Gasteiger charge is 2.33. The molecule has 0 saturated carbocycles. The third-order valence-electron chi connectivity index (χ3n) is 4.42. The van der Waals surface area contributed by atoms with Crippen LogP contribution >= 0.6 is 11.3 Å². The number of hydrogen-bond acceptors (Lipinski definition) is 4. The molecule has 0 aliphatic carbocycles. The van der Waals surface area contributed by atoms with Crippen LogP contribution in [0, 0.1) is 5.82 Å². The average molecular weight is 353 g/mol. The van der Waals surface area contributed by atoms with Crippen molar-refractivity contribution in [3.63, 3.8) is 0 Å². The minimum atomic E-state index is -0.441. The smallest absolute Gasteiger partial charge is 0.236 e. The second-order valence-corrected chi connectivity index (χ2v) is 6.79. The summed E-state index contributed by atoms with van der Waals surface area (Å²) >= 11 is 1.44. The van der Waals surface area contributed by atoms with E-state index in [1.54, 1.807) is 35.5 Å². The lowest BCUT2D eigenvalue weighted by Gasteiger charge is -2.30. The molecule has 1 fully saturated rings. The zero-order valence-electron chi connectivity index (χ0n) is 13.4. The third kappa shape index (κ3) is 3.05. The summed E-state index contributed by atoms with van der Waals surface area (Å²) in [5.41, 5.74) is 2.26. The van der Waals surface area contributed by atoms with E-state index in [1.807, 2.05) is 17.5 Å². The van der Waals surface area contributed by atoms with E-state index >= 15 is 0 Å². The van der Waals surface area contributed by atoms with E-state index in [0.29, 0.717) is 23.7 Å². The second kappa shape index (κ2) is 6.72. The number of halogens is 1. The molecule has 25 heavy (non-hydrogen) atoms. The number of pyridine rings is 1. The van der Waals surface area contributed by atoms with Gasteiger partial charge in [0, 0.05) is 35.4 Å². The molecule has 4 rings (SSSR count). The number of hydrogen-bond donors (Lipinski definition) is 0. The number of thiazole rings is 1. The first-order chi connectivity index (χ1) is 12.2.